The molecule has 1 aliphatic carbocycles. The van der Waals surface area contributed by atoms with E-state index in [9.17, 15) is 15.3 Å². The fourth-order valence-corrected chi connectivity index (χ4v) is 5.41. The number of aliphatic hydroxyl groups is 3. The molecule has 1 saturated carbocycles. The number of pyridine rings is 1. The van der Waals surface area contributed by atoms with Gasteiger partial charge in [-0.2, -0.15) is 4.98 Å². The molecule has 0 saturated heterocycles. The van der Waals surface area contributed by atoms with E-state index in [1.54, 1.807) is 20.3 Å². The summed E-state index contributed by atoms with van der Waals surface area (Å²) < 4.78 is 17.0. The Balaban J connectivity index is 1.53. The number of anilines is 2. The van der Waals surface area contributed by atoms with Crippen molar-refractivity contribution in [3.63, 3.8) is 0 Å². The lowest BCUT2D eigenvalue weighted by atomic mass is 10.1. The topological polar surface area (TPSA) is 155 Å². The third kappa shape index (κ3) is 5.79. The molecule has 4 atom stereocenters. The van der Waals surface area contributed by atoms with Crippen LogP contribution in [0.25, 0.3) is 22.3 Å². The largest absolute Gasteiger partial charge is 0.497 e. The quantitative estimate of drug-likeness (QED) is 0.192. The number of aliphatic hydroxyl groups excluding tert-OH is 3. The second-order valence-electron chi connectivity index (χ2n) is 10.4. The van der Waals surface area contributed by atoms with Crippen LogP contribution in [0.3, 0.4) is 0 Å². The van der Waals surface area contributed by atoms with Crippen molar-refractivity contribution in [1.82, 2.24) is 15.0 Å². The van der Waals surface area contributed by atoms with Crippen LogP contribution < -0.4 is 20.1 Å². The van der Waals surface area contributed by atoms with Gasteiger partial charge in [0, 0.05) is 30.5 Å². The molecule has 218 valence electrons. The van der Waals surface area contributed by atoms with Crippen molar-refractivity contribution >= 4 is 22.7 Å². The van der Waals surface area contributed by atoms with Crippen LogP contribution in [-0.4, -0.2) is 69.3 Å². The van der Waals surface area contributed by atoms with E-state index in [2.05, 4.69) is 28.6 Å². The molecule has 3 aromatic heterocycles. The summed E-state index contributed by atoms with van der Waals surface area (Å²) in [5.41, 5.74) is 4.75. The Morgan fingerprint density at radius 1 is 0.951 bits per heavy atom. The van der Waals surface area contributed by atoms with Crippen molar-refractivity contribution in [2.75, 3.05) is 31.5 Å². The van der Waals surface area contributed by atoms with Crippen molar-refractivity contribution in [3.8, 4) is 23.0 Å². The van der Waals surface area contributed by atoms with Crippen LogP contribution in [0.15, 0.2) is 34.7 Å². The van der Waals surface area contributed by atoms with E-state index in [1.807, 2.05) is 32.0 Å². The van der Waals surface area contributed by atoms with Crippen LogP contribution in [0.4, 0.5) is 11.8 Å². The van der Waals surface area contributed by atoms with E-state index < -0.39 is 24.2 Å². The SMILES string of the molecule is CCc1cc(CNc2nc(C)c(-c3cc4cc(OC)nc(C)c4o3)c(N[C@@H]3C[C@H](CO)[C@@H](O)[C@H]3O)n2)cc(OC)c1. The standard InChI is InChI=1S/C30H37N5O6/c1-6-17-7-18(9-21(8-17)39-4)13-31-30-33-15(2)25(23-11-19-12-24(40-5)32-16(3)28(19)41-23)29(35-30)34-22-10-20(14-36)26(37)27(22)38/h7-9,11-12,20,22,26-27,36-38H,6,10,13-14H2,1-5H3,(H2,31,33,34,35)/t20-,22-,26-,27+/m1/s1. The van der Waals surface area contributed by atoms with Gasteiger partial charge in [0.15, 0.2) is 5.58 Å². The molecule has 11 nitrogen and oxygen atoms in total. The van der Waals surface area contributed by atoms with E-state index in [0.717, 1.165) is 28.7 Å². The van der Waals surface area contributed by atoms with Crippen LogP contribution in [0.1, 0.15) is 35.9 Å². The molecule has 5 N–H and O–H groups in total. The molecular formula is C30H37N5O6. The smallest absolute Gasteiger partial charge is 0.225 e. The first-order chi connectivity index (χ1) is 19.7. The normalized spacial score (nSPS) is 20.4. The van der Waals surface area contributed by atoms with Gasteiger partial charge in [0.1, 0.15) is 23.4 Å². The molecule has 1 aliphatic rings. The Kier molecular flexibility index (Phi) is 8.30. The lowest BCUT2D eigenvalue weighted by Gasteiger charge is -2.21. The van der Waals surface area contributed by atoms with Crippen molar-refractivity contribution in [2.45, 2.75) is 58.4 Å². The minimum Gasteiger partial charge on any atom is -0.497 e. The molecule has 0 bridgehead atoms. The Morgan fingerprint density at radius 2 is 1.73 bits per heavy atom. The highest BCUT2D eigenvalue weighted by atomic mass is 16.5. The molecule has 0 amide bonds. The fraction of sp³-hybridized carbons (Fsp3) is 0.433. The molecule has 0 spiro atoms. The van der Waals surface area contributed by atoms with Crippen molar-refractivity contribution in [3.05, 3.63) is 52.8 Å². The van der Waals surface area contributed by atoms with Gasteiger partial charge in [0.05, 0.1) is 43.3 Å². The Labute approximate surface area is 238 Å². The van der Waals surface area contributed by atoms with Crippen LogP contribution in [0.2, 0.25) is 0 Å². The fourth-order valence-electron chi connectivity index (χ4n) is 5.41. The molecule has 0 unspecified atom stereocenters. The number of aromatic nitrogens is 3. The second-order valence-corrected chi connectivity index (χ2v) is 10.4. The zero-order chi connectivity index (χ0) is 29.3. The minimum atomic E-state index is -1.08. The lowest BCUT2D eigenvalue weighted by molar-refractivity contribution is 0.00446. The summed E-state index contributed by atoms with van der Waals surface area (Å²) in [5, 5.41) is 38.3. The maximum atomic E-state index is 10.7. The van der Waals surface area contributed by atoms with Gasteiger partial charge in [0.25, 0.3) is 0 Å². The maximum absolute atomic E-state index is 10.7. The van der Waals surface area contributed by atoms with Crippen LogP contribution in [0, 0.1) is 19.8 Å². The van der Waals surface area contributed by atoms with Gasteiger partial charge in [-0.1, -0.05) is 13.0 Å². The Bertz CT molecular complexity index is 1520. The maximum Gasteiger partial charge on any atom is 0.225 e. The highest BCUT2D eigenvalue weighted by molar-refractivity contribution is 5.88. The molecule has 4 aromatic rings. The summed E-state index contributed by atoms with van der Waals surface area (Å²) in [7, 11) is 3.21. The average Bonchev–Trinajstić information content (AvgIpc) is 3.52. The highest BCUT2D eigenvalue weighted by Crippen LogP contribution is 2.38. The van der Waals surface area contributed by atoms with Crippen LogP contribution in [0.5, 0.6) is 11.6 Å². The van der Waals surface area contributed by atoms with Gasteiger partial charge in [0.2, 0.25) is 11.8 Å². The van der Waals surface area contributed by atoms with Crippen LogP contribution in [-0.2, 0) is 13.0 Å². The van der Waals surface area contributed by atoms with Gasteiger partial charge in [-0.25, -0.2) is 9.97 Å². The van der Waals surface area contributed by atoms with Gasteiger partial charge in [-0.15, -0.1) is 0 Å². The molecule has 0 aliphatic heterocycles. The molecule has 1 fully saturated rings. The number of furan rings is 1. The number of hydrogen-bond acceptors (Lipinski definition) is 11. The van der Waals surface area contributed by atoms with E-state index in [4.69, 9.17) is 23.9 Å². The summed E-state index contributed by atoms with van der Waals surface area (Å²) in [6.07, 6.45) is -0.878. The van der Waals surface area contributed by atoms with Crippen LogP contribution >= 0.6 is 0 Å². The van der Waals surface area contributed by atoms with Gasteiger partial charge < -0.3 is 39.8 Å². The minimum absolute atomic E-state index is 0.225. The number of methoxy groups -OCH3 is 2. The molecule has 3 heterocycles. The van der Waals surface area contributed by atoms with Gasteiger partial charge >= 0.3 is 0 Å². The first-order valence-electron chi connectivity index (χ1n) is 13.7. The van der Waals surface area contributed by atoms with Crippen molar-refractivity contribution < 1.29 is 29.2 Å². The van der Waals surface area contributed by atoms with Gasteiger partial charge in [-0.3, -0.25) is 0 Å². The van der Waals surface area contributed by atoms with Crippen molar-refractivity contribution in [1.29, 1.82) is 0 Å². The zero-order valence-corrected chi connectivity index (χ0v) is 23.9. The highest BCUT2D eigenvalue weighted by Gasteiger charge is 2.41. The first-order valence-corrected chi connectivity index (χ1v) is 13.7. The van der Waals surface area contributed by atoms with E-state index in [1.165, 1.54) is 0 Å². The lowest BCUT2D eigenvalue weighted by Crippen LogP contribution is -2.35. The molecule has 41 heavy (non-hydrogen) atoms. The first kappa shape index (κ1) is 28.6. The number of fused-ring (bicyclic) bond motifs is 1. The summed E-state index contributed by atoms with van der Waals surface area (Å²) in [6, 6.07) is 9.24. The van der Waals surface area contributed by atoms with E-state index in [0.29, 0.717) is 58.9 Å². The summed E-state index contributed by atoms with van der Waals surface area (Å²) in [4.78, 5) is 13.9. The predicted molar refractivity (Wildman–Crippen MR) is 155 cm³/mol. The number of aryl methyl sites for hydroxylation is 3. The number of benzene rings is 1. The molecule has 1 aromatic carbocycles. The molecular weight excluding hydrogens is 526 g/mol. The summed E-state index contributed by atoms with van der Waals surface area (Å²) in [5.74, 6) is 2.17. The number of ether oxygens (including phenoxy) is 2. The third-order valence-corrected chi connectivity index (χ3v) is 7.67. The zero-order valence-electron chi connectivity index (χ0n) is 23.9. The van der Waals surface area contributed by atoms with Gasteiger partial charge in [-0.05, 0) is 56.0 Å². The third-order valence-electron chi connectivity index (χ3n) is 7.67. The Hall–Kier alpha value is -3.93. The Morgan fingerprint density at radius 3 is 2.41 bits per heavy atom. The number of nitrogens with zero attached hydrogens (tertiary/aromatic N) is 3. The second kappa shape index (κ2) is 11.9. The monoisotopic (exact) mass is 563 g/mol. The van der Waals surface area contributed by atoms with Crippen molar-refractivity contribution in [2.24, 2.45) is 5.92 Å². The average molecular weight is 564 g/mol. The molecule has 0 radical (unpaired) electrons. The number of nitrogens with one attached hydrogen (secondary N) is 2. The number of hydrogen-bond donors (Lipinski definition) is 5. The van der Waals surface area contributed by atoms with E-state index >= 15 is 0 Å². The molecule has 11 heteroatoms. The van der Waals surface area contributed by atoms with E-state index in [-0.39, 0.29) is 6.61 Å². The number of rotatable bonds is 10. The predicted octanol–water partition coefficient (Wildman–Crippen LogP) is 3.61. The summed E-state index contributed by atoms with van der Waals surface area (Å²) >= 11 is 0. The summed E-state index contributed by atoms with van der Waals surface area (Å²) in [6.45, 7) is 6.05. The molecule has 5 rings (SSSR count).